The van der Waals surface area contributed by atoms with Crippen LogP contribution in [-0.2, 0) is 0 Å². The summed E-state index contributed by atoms with van der Waals surface area (Å²) in [5, 5.41) is 0. The number of hydrogen-bond acceptors (Lipinski definition) is 3. The Morgan fingerprint density at radius 1 is 1.37 bits per heavy atom. The van der Waals surface area contributed by atoms with Crippen LogP contribution in [-0.4, -0.2) is 37.1 Å². The fraction of sp³-hybridized carbons (Fsp3) is 0.688. The Morgan fingerprint density at radius 2 is 2.11 bits per heavy atom. The van der Waals surface area contributed by atoms with Crippen molar-refractivity contribution in [2.24, 2.45) is 5.92 Å². The second-order valence-electron chi connectivity index (χ2n) is 6.29. The van der Waals surface area contributed by atoms with Gasteiger partial charge in [0.1, 0.15) is 5.82 Å². The van der Waals surface area contributed by atoms with E-state index in [2.05, 4.69) is 42.7 Å². The summed E-state index contributed by atoms with van der Waals surface area (Å²) in [6.45, 7) is 9.18. The largest absolute Gasteiger partial charge is 0.363 e. The Kier molecular flexibility index (Phi) is 4.46. The molecule has 1 aliphatic heterocycles. The van der Waals surface area contributed by atoms with Gasteiger partial charge in [-0.25, -0.2) is 4.98 Å². The molecule has 0 aliphatic carbocycles. The van der Waals surface area contributed by atoms with Gasteiger partial charge >= 0.3 is 0 Å². The monoisotopic (exact) mass is 261 g/mol. The molecule has 1 aromatic rings. The number of rotatable bonds is 4. The fourth-order valence-electron chi connectivity index (χ4n) is 3.03. The zero-order chi connectivity index (χ0) is 14.0. The molecule has 1 saturated heterocycles. The third kappa shape index (κ3) is 3.27. The van der Waals surface area contributed by atoms with Crippen molar-refractivity contribution in [1.29, 1.82) is 0 Å². The molecule has 2 heterocycles. The van der Waals surface area contributed by atoms with E-state index in [4.69, 9.17) is 4.98 Å². The minimum Gasteiger partial charge on any atom is -0.363 e. The van der Waals surface area contributed by atoms with Crippen molar-refractivity contribution in [3.8, 4) is 0 Å². The maximum atomic E-state index is 4.73. The van der Waals surface area contributed by atoms with Gasteiger partial charge in [0.25, 0.3) is 0 Å². The highest BCUT2D eigenvalue weighted by Crippen LogP contribution is 2.34. The summed E-state index contributed by atoms with van der Waals surface area (Å²) in [6, 6.07) is 5.00. The predicted octanol–water partition coefficient (Wildman–Crippen LogP) is 3.25. The summed E-state index contributed by atoms with van der Waals surface area (Å²) in [5.74, 6) is 1.78. The molecule has 0 unspecified atom stereocenters. The van der Waals surface area contributed by atoms with Crippen LogP contribution in [0.1, 0.15) is 44.0 Å². The van der Waals surface area contributed by atoms with E-state index in [9.17, 15) is 0 Å². The van der Waals surface area contributed by atoms with Crippen molar-refractivity contribution in [1.82, 2.24) is 9.88 Å². The van der Waals surface area contributed by atoms with Gasteiger partial charge in [0.2, 0.25) is 0 Å². The van der Waals surface area contributed by atoms with Crippen molar-refractivity contribution in [3.05, 3.63) is 23.4 Å². The van der Waals surface area contributed by atoms with Crippen LogP contribution in [0, 0.1) is 12.8 Å². The Bertz CT molecular complexity index is 426. The van der Waals surface area contributed by atoms with Crippen LogP contribution < -0.4 is 4.90 Å². The lowest BCUT2D eigenvalue weighted by molar-refractivity contribution is 0.228. The molecular weight excluding hydrogens is 234 g/mol. The molecule has 0 aromatic carbocycles. The van der Waals surface area contributed by atoms with Gasteiger partial charge in [-0.05, 0) is 43.9 Å². The molecule has 1 atom stereocenters. The zero-order valence-electron chi connectivity index (χ0n) is 13.0. The molecule has 0 amide bonds. The highest BCUT2D eigenvalue weighted by atomic mass is 15.2. The number of nitrogens with zero attached hydrogens (tertiary/aromatic N) is 3. The van der Waals surface area contributed by atoms with Gasteiger partial charge in [-0.3, -0.25) is 4.90 Å². The molecule has 0 radical (unpaired) electrons. The molecule has 106 valence electrons. The first-order valence-electron chi connectivity index (χ1n) is 7.38. The molecule has 0 bridgehead atoms. The Hall–Kier alpha value is -1.09. The average molecular weight is 261 g/mol. The second-order valence-corrected chi connectivity index (χ2v) is 6.29. The molecule has 3 heteroatoms. The lowest BCUT2D eigenvalue weighted by Crippen LogP contribution is -2.28. The highest BCUT2D eigenvalue weighted by Gasteiger charge is 2.27. The number of likely N-dealkylation sites (tertiary alicyclic amines) is 1. The third-order valence-corrected chi connectivity index (χ3v) is 3.89. The normalized spacial score (nSPS) is 20.2. The van der Waals surface area contributed by atoms with Gasteiger partial charge < -0.3 is 4.90 Å². The quantitative estimate of drug-likeness (QED) is 0.829. The SMILES string of the molecule is Cc1nc(N(C)C)ccc1[C@H]1CCCN1CC(C)C. The van der Waals surface area contributed by atoms with E-state index in [1.165, 1.54) is 37.2 Å². The van der Waals surface area contributed by atoms with Crippen LogP contribution in [0.5, 0.6) is 0 Å². The maximum absolute atomic E-state index is 4.73. The first-order chi connectivity index (χ1) is 8.99. The molecule has 0 spiro atoms. The first-order valence-corrected chi connectivity index (χ1v) is 7.38. The predicted molar refractivity (Wildman–Crippen MR) is 81.7 cm³/mol. The number of hydrogen-bond donors (Lipinski definition) is 0. The van der Waals surface area contributed by atoms with Crippen LogP contribution in [0.25, 0.3) is 0 Å². The summed E-state index contributed by atoms with van der Waals surface area (Å²) in [4.78, 5) is 9.43. The second kappa shape index (κ2) is 5.91. The minimum absolute atomic E-state index is 0.575. The topological polar surface area (TPSA) is 19.4 Å². The van der Waals surface area contributed by atoms with Crippen LogP contribution in [0.2, 0.25) is 0 Å². The first kappa shape index (κ1) is 14.3. The fourth-order valence-corrected chi connectivity index (χ4v) is 3.03. The van der Waals surface area contributed by atoms with E-state index in [0.717, 1.165) is 11.7 Å². The summed E-state index contributed by atoms with van der Waals surface area (Å²) in [6.07, 6.45) is 2.59. The Labute approximate surface area is 117 Å². The Balaban J connectivity index is 2.21. The maximum Gasteiger partial charge on any atom is 0.128 e. The lowest BCUT2D eigenvalue weighted by atomic mass is 10.0. The number of anilines is 1. The van der Waals surface area contributed by atoms with Crippen LogP contribution in [0.3, 0.4) is 0 Å². The van der Waals surface area contributed by atoms with Gasteiger partial charge in [0.15, 0.2) is 0 Å². The standard InChI is InChI=1S/C16H27N3/c1-12(2)11-19-10-6-7-15(19)14-8-9-16(18(4)5)17-13(14)3/h8-9,12,15H,6-7,10-11H2,1-5H3/t15-/m1/s1. The molecule has 1 aromatic heterocycles. The smallest absolute Gasteiger partial charge is 0.128 e. The van der Waals surface area contributed by atoms with Crippen molar-refractivity contribution in [2.45, 2.75) is 39.7 Å². The Morgan fingerprint density at radius 3 is 2.68 bits per heavy atom. The summed E-state index contributed by atoms with van der Waals surface area (Å²) < 4.78 is 0. The van der Waals surface area contributed by atoms with E-state index in [1.54, 1.807) is 0 Å². The minimum atomic E-state index is 0.575. The number of aromatic nitrogens is 1. The van der Waals surface area contributed by atoms with Gasteiger partial charge in [-0.2, -0.15) is 0 Å². The van der Waals surface area contributed by atoms with E-state index < -0.39 is 0 Å². The molecular formula is C16H27N3. The molecule has 2 rings (SSSR count). The van der Waals surface area contributed by atoms with E-state index in [1.807, 2.05) is 14.1 Å². The molecule has 0 N–H and O–H groups in total. The molecule has 1 aliphatic rings. The van der Waals surface area contributed by atoms with Crippen LogP contribution in [0.15, 0.2) is 12.1 Å². The summed E-state index contributed by atoms with van der Waals surface area (Å²) >= 11 is 0. The number of pyridine rings is 1. The van der Waals surface area contributed by atoms with E-state index in [0.29, 0.717) is 6.04 Å². The summed E-state index contributed by atoms with van der Waals surface area (Å²) in [7, 11) is 4.09. The van der Waals surface area contributed by atoms with Crippen molar-refractivity contribution in [3.63, 3.8) is 0 Å². The third-order valence-electron chi connectivity index (χ3n) is 3.89. The zero-order valence-corrected chi connectivity index (χ0v) is 13.0. The van der Waals surface area contributed by atoms with E-state index >= 15 is 0 Å². The van der Waals surface area contributed by atoms with Gasteiger partial charge in [-0.1, -0.05) is 19.9 Å². The average Bonchev–Trinajstić information content (AvgIpc) is 2.75. The number of aryl methyl sites for hydroxylation is 1. The van der Waals surface area contributed by atoms with Crippen LogP contribution >= 0.6 is 0 Å². The van der Waals surface area contributed by atoms with Crippen LogP contribution in [0.4, 0.5) is 5.82 Å². The summed E-state index contributed by atoms with van der Waals surface area (Å²) in [5.41, 5.74) is 2.61. The lowest BCUT2D eigenvalue weighted by Gasteiger charge is -2.27. The molecule has 3 nitrogen and oxygen atoms in total. The molecule has 0 saturated carbocycles. The van der Waals surface area contributed by atoms with Crippen molar-refractivity contribution in [2.75, 3.05) is 32.1 Å². The van der Waals surface area contributed by atoms with Gasteiger partial charge in [-0.15, -0.1) is 0 Å². The highest BCUT2D eigenvalue weighted by molar-refractivity contribution is 5.41. The molecule has 19 heavy (non-hydrogen) atoms. The molecule has 1 fully saturated rings. The van der Waals surface area contributed by atoms with Crippen molar-refractivity contribution >= 4 is 5.82 Å². The van der Waals surface area contributed by atoms with Gasteiger partial charge in [0, 0.05) is 32.4 Å². The van der Waals surface area contributed by atoms with E-state index in [-0.39, 0.29) is 0 Å². The van der Waals surface area contributed by atoms with Gasteiger partial charge in [0.05, 0.1) is 0 Å². The van der Waals surface area contributed by atoms with Crippen molar-refractivity contribution < 1.29 is 0 Å².